The number of thioether (sulfide) groups is 1. The molecule has 4 nitrogen and oxygen atoms in total. The second-order valence-electron chi connectivity index (χ2n) is 6.15. The van der Waals surface area contributed by atoms with Crippen LogP contribution < -0.4 is 5.32 Å². The van der Waals surface area contributed by atoms with Gasteiger partial charge in [0, 0.05) is 38.4 Å². The summed E-state index contributed by atoms with van der Waals surface area (Å²) in [6.07, 6.45) is 1.79. The number of benzene rings is 1. The fraction of sp³-hybridized carbons (Fsp3) is 0.471. The lowest BCUT2D eigenvalue weighted by atomic mass is 10.2. The van der Waals surface area contributed by atoms with Gasteiger partial charge in [0.05, 0.1) is 4.91 Å². The van der Waals surface area contributed by atoms with E-state index >= 15 is 0 Å². The number of rotatable bonds is 3. The number of nitrogens with zero attached hydrogens (tertiary/aromatic N) is 2. The predicted molar refractivity (Wildman–Crippen MR) is 91.2 cm³/mol. The Labute approximate surface area is 140 Å². The van der Waals surface area contributed by atoms with Crippen LogP contribution in [0.3, 0.4) is 0 Å². The quantitative estimate of drug-likeness (QED) is 0.921. The molecule has 124 valence electrons. The van der Waals surface area contributed by atoms with Crippen LogP contribution in [0.5, 0.6) is 0 Å². The molecule has 1 fully saturated rings. The Hall–Kier alpha value is -1.53. The predicted octanol–water partition coefficient (Wildman–Crippen LogP) is 2.55. The summed E-state index contributed by atoms with van der Waals surface area (Å²) in [6, 6.07) is 6.92. The maximum atomic E-state index is 13.0. The van der Waals surface area contributed by atoms with Crippen LogP contribution in [0.1, 0.15) is 24.8 Å². The van der Waals surface area contributed by atoms with Gasteiger partial charge in [-0.25, -0.2) is 4.39 Å². The number of amides is 1. The molecule has 1 aromatic carbocycles. The van der Waals surface area contributed by atoms with Crippen molar-refractivity contribution >= 4 is 17.7 Å². The molecule has 2 aliphatic heterocycles. The second kappa shape index (κ2) is 6.93. The zero-order valence-corrected chi connectivity index (χ0v) is 14.3. The molecule has 2 aliphatic rings. The van der Waals surface area contributed by atoms with Crippen molar-refractivity contribution in [1.29, 1.82) is 0 Å². The topological polar surface area (TPSA) is 35.6 Å². The van der Waals surface area contributed by atoms with Crippen molar-refractivity contribution < 1.29 is 9.18 Å². The van der Waals surface area contributed by atoms with E-state index in [1.165, 1.54) is 23.9 Å². The molecule has 0 aliphatic carbocycles. The summed E-state index contributed by atoms with van der Waals surface area (Å²) in [7, 11) is 0. The van der Waals surface area contributed by atoms with E-state index in [0.717, 1.165) is 36.6 Å². The van der Waals surface area contributed by atoms with Crippen molar-refractivity contribution in [3.8, 4) is 0 Å². The lowest BCUT2D eigenvalue weighted by Crippen LogP contribution is -2.50. The lowest BCUT2D eigenvalue weighted by molar-refractivity contribution is -0.128. The van der Waals surface area contributed by atoms with Crippen molar-refractivity contribution in [3.63, 3.8) is 0 Å². The van der Waals surface area contributed by atoms with Gasteiger partial charge in [-0.15, -0.1) is 0 Å². The summed E-state index contributed by atoms with van der Waals surface area (Å²) >= 11 is 1.50. The highest BCUT2D eigenvalue weighted by atomic mass is 32.2. The Morgan fingerprint density at radius 3 is 2.48 bits per heavy atom. The van der Waals surface area contributed by atoms with Gasteiger partial charge in [-0.3, -0.25) is 9.69 Å². The summed E-state index contributed by atoms with van der Waals surface area (Å²) < 4.78 is 13.0. The van der Waals surface area contributed by atoms with Crippen LogP contribution in [0, 0.1) is 5.82 Å². The zero-order valence-electron chi connectivity index (χ0n) is 13.5. The van der Waals surface area contributed by atoms with Crippen molar-refractivity contribution in [2.75, 3.05) is 26.2 Å². The molecule has 1 N–H and O–H groups in total. The maximum absolute atomic E-state index is 13.0. The number of carbonyl (C=O) groups is 1. The van der Waals surface area contributed by atoms with Crippen LogP contribution >= 0.6 is 11.8 Å². The van der Waals surface area contributed by atoms with Gasteiger partial charge in [0.2, 0.25) is 0 Å². The van der Waals surface area contributed by atoms with Gasteiger partial charge in [0.1, 0.15) is 11.2 Å². The Morgan fingerprint density at radius 2 is 1.87 bits per heavy atom. The van der Waals surface area contributed by atoms with Crippen molar-refractivity contribution in [2.45, 2.75) is 25.3 Å². The van der Waals surface area contributed by atoms with Crippen LogP contribution in [0.15, 0.2) is 35.4 Å². The number of hydrogen-bond donors (Lipinski definition) is 1. The van der Waals surface area contributed by atoms with E-state index in [1.807, 2.05) is 4.90 Å². The first-order valence-corrected chi connectivity index (χ1v) is 8.84. The molecule has 1 saturated heterocycles. The van der Waals surface area contributed by atoms with E-state index in [1.54, 1.807) is 18.3 Å². The van der Waals surface area contributed by atoms with Crippen LogP contribution in [-0.4, -0.2) is 47.9 Å². The minimum absolute atomic E-state index is 0.0218. The molecular formula is C17H22FN3OS. The highest BCUT2D eigenvalue weighted by molar-refractivity contribution is 8.04. The molecule has 0 spiro atoms. The van der Waals surface area contributed by atoms with Crippen molar-refractivity contribution in [3.05, 3.63) is 46.8 Å². The maximum Gasteiger partial charge on any atom is 0.261 e. The Kier molecular flexibility index (Phi) is 4.92. The number of nitrogens with one attached hydrogen (secondary N) is 1. The summed E-state index contributed by atoms with van der Waals surface area (Å²) in [4.78, 5) is 17.7. The Morgan fingerprint density at radius 1 is 1.22 bits per heavy atom. The summed E-state index contributed by atoms with van der Waals surface area (Å²) in [6.45, 7) is 7.77. The second-order valence-corrected chi connectivity index (χ2v) is 7.29. The average molecular weight is 335 g/mol. The van der Waals surface area contributed by atoms with Crippen LogP contribution in [-0.2, 0) is 4.79 Å². The Balaban J connectivity index is 1.56. The molecule has 0 radical (unpaired) electrons. The van der Waals surface area contributed by atoms with E-state index in [-0.39, 0.29) is 17.1 Å². The largest absolute Gasteiger partial charge is 0.374 e. The molecule has 1 aromatic rings. The molecule has 0 bridgehead atoms. The molecule has 0 aromatic heterocycles. The number of piperazine rings is 1. The zero-order chi connectivity index (χ0) is 16.4. The first-order valence-electron chi connectivity index (χ1n) is 7.96. The highest BCUT2D eigenvalue weighted by Crippen LogP contribution is 2.37. The fourth-order valence-electron chi connectivity index (χ4n) is 2.86. The lowest BCUT2D eigenvalue weighted by Gasteiger charge is -2.37. The van der Waals surface area contributed by atoms with Gasteiger partial charge in [0.15, 0.2) is 0 Å². The van der Waals surface area contributed by atoms with E-state index < -0.39 is 0 Å². The number of hydrogen-bond acceptors (Lipinski definition) is 4. The standard InChI is InChI=1S/C17H22FN3OS/c1-12(2)20-7-9-21(10-8-20)17(22)15-11-19-16(23-15)13-3-5-14(18)6-4-13/h3-6,11-12,16,19H,7-10H2,1-2H3. The van der Waals surface area contributed by atoms with Crippen molar-refractivity contribution in [1.82, 2.24) is 15.1 Å². The minimum Gasteiger partial charge on any atom is -0.374 e. The summed E-state index contributed by atoms with van der Waals surface area (Å²) in [5.41, 5.74) is 0.972. The van der Waals surface area contributed by atoms with Gasteiger partial charge < -0.3 is 10.2 Å². The van der Waals surface area contributed by atoms with Crippen LogP contribution in [0.4, 0.5) is 4.39 Å². The summed E-state index contributed by atoms with van der Waals surface area (Å²) in [5.74, 6) is -0.153. The molecule has 1 unspecified atom stereocenters. The fourth-order valence-corrected chi connectivity index (χ4v) is 3.91. The Bertz CT molecular complexity index is 594. The molecule has 1 atom stereocenters. The van der Waals surface area contributed by atoms with Gasteiger partial charge in [-0.05, 0) is 31.5 Å². The van der Waals surface area contributed by atoms with Crippen LogP contribution in [0.25, 0.3) is 0 Å². The molecule has 6 heteroatoms. The van der Waals surface area contributed by atoms with Gasteiger partial charge in [-0.1, -0.05) is 23.9 Å². The van der Waals surface area contributed by atoms with E-state index in [4.69, 9.17) is 0 Å². The van der Waals surface area contributed by atoms with Crippen LogP contribution in [0.2, 0.25) is 0 Å². The number of carbonyl (C=O) groups excluding carboxylic acids is 1. The van der Waals surface area contributed by atoms with E-state index in [9.17, 15) is 9.18 Å². The van der Waals surface area contributed by atoms with E-state index in [0.29, 0.717) is 6.04 Å². The van der Waals surface area contributed by atoms with Crippen molar-refractivity contribution in [2.24, 2.45) is 0 Å². The third-order valence-corrected chi connectivity index (χ3v) is 5.52. The minimum atomic E-state index is -0.246. The third kappa shape index (κ3) is 3.70. The first-order chi connectivity index (χ1) is 11.0. The molecule has 23 heavy (non-hydrogen) atoms. The molecule has 3 rings (SSSR count). The molecule has 1 amide bonds. The normalized spacial score (nSPS) is 22.2. The average Bonchev–Trinajstić information content (AvgIpc) is 3.05. The molecule has 2 heterocycles. The van der Waals surface area contributed by atoms with Gasteiger partial charge >= 0.3 is 0 Å². The smallest absolute Gasteiger partial charge is 0.261 e. The first kappa shape index (κ1) is 16.3. The monoisotopic (exact) mass is 335 g/mol. The summed E-state index contributed by atoms with van der Waals surface area (Å²) in [5, 5.41) is 3.19. The molecular weight excluding hydrogens is 313 g/mol. The third-order valence-electron chi connectivity index (χ3n) is 4.33. The number of halogens is 1. The SMILES string of the molecule is CC(C)N1CCN(C(=O)C2=CNC(c3ccc(F)cc3)S2)CC1. The van der Waals surface area contributed by atoms with Gasteiger partial charge in [-0.2, -0.15) is 0 Å². The van der Waals surface area contributed by atoms with E-state index in [2.05, 4.69) is 24.1 Å². The van der Waals surface area contributed by atoms with Gasteiger partial charge in [0.25, 0.3) is 5.91 Å². The molecule has 0 saturated carbocycles. The highest BCUT2D eigenvalue weighted by Gasteiger charge is 2.29.